The molecule has 0 spiro atoms. The summed E-state index contributed by atoms with van der Waals surface area (Å²) in [6.07, 6.45) is 8.68. The molecule has 2 aromatic rings. The Hall–Kier alpha value is -3.02. The van der Waals surface area contributed by atoms with Gasteiger partial charge in [0.15, 0.2) is 0 Å². The first-order chi connectivity index (χ1) is 14.9. The highest BCUT2D eigenvalue weighted by Gasteiger charge is 2.32. The standard InChI is InChI=1S/C25H32N4O2/c1-17(2)23-13-20(14-24(30)28-16-22-6-4-5-9-27-22)18(3)12-21(23)15-29-25(31)19-7-10-26-11-8-19/h4-12,17,20-21,23H,13-16H2,1-3H3,(H,28,30)(H,29,31). The molecule has 2 heterocycles. The van der Waals surface area contributed by atoms with Gasteiger partial charge in [0.25, 0.3) is 5.91 Å². The molecule has 2 N–H and O–H groups in total. The van der Waals surface area contributed by atoms with Gasteiger partial charge < -0.3 is 10.6 Å². The highest BCUT2D eigenvalue weighted by molar-refractivity contribution is 5.93. The Morgan fingerprint density at radius 1 is 1.10 bits per heavy atom. The first kappa shape index (κ1) is 22.7. The van der Waals surface area contributed by atoms with Crippen molar-refractivity contribution in [2.24, 2.45) is 23.7 Å². The number of hydrogen-bond acceptors (Lipinski definition) is 4. The number of carbonyl (C=O) groups excluding carboxylic acids is 2. The molecule has 6 heteroatoms. The predicted octanol–water partition coefficient (Wildman–Crippen LogP) is 3.77. The van der Waals surface area contributed by atoms with E-state index in [2.05, 4.69) is 47.4 Å². The van der Waals surface area contributed by atoms with E-state index in [0.29, 0.717) is 36.9 Å². The molecule has 0 saturated carbocycles. The van der Waals surface area contributed by atoms with Gasteiger partial charge in [0, 0.05) is 37.1 Å². The average molecular weight is 421 g/mol. The first-order valence-corrected chi connectivity index (χ1v) is 11.0. The zero-order chi connectivity index (χ0) is 22.2. The van der Waals surface area contributed by atoms with Crippen LogP contribution < -0.4 is 10.6 Å². The molecule has 0 radical (unpaired) electrons. The zero-order valence-electron chi connectivity index (χ0n) is 18.5. The largest absolute Gasteiger partial charge is 0.351 e. The molecule has 0 aromatic carbocycles. The minimum atomic E-state index is -0.0769. The molecule has 1 aliphatic rings. The Morgan fingerprint density at radius 3 is 2.55 bits per heavy atom. The van der Waals surface area contributed by atoms with E-state index in [9.17, 15) is 9.59 Å². The lowest BCUT2D eigenvalue weighted by Crippen LogP contribution is -2.37. The fourth-order valence-corrected chi connectivity index (χ4v) is 4.31. The summed E-state index contributed by atoms with van der Waals surface area (Å²) in [5, 5.41) is 6.06. The Bertz CT molecular complexity index is 896. The lowest BCUT2D eigenvalue weighted by molar-refractivity contribution is -0.122. The Labute approximate surface area is 184 Å². The van der Waals surface area contributed by atoms with E-state index in [1.54, 1.807) is 30.7 Å². The van der Waals surface area contributed by atoms with Gasteiger partial charge in [-0.05, 0) is 61.3 Å². The smallest absolute Gasteiger partial charge is 0.251 e. The van der Waals surface area contributed by atoms with Crippen molar-refractivity contribution in [3.63, 3.8) is 0 Å². The van der Waals surface area contributed by atoms with E-state index in [0.717, 1.165) is 12.1 Å². The third kappa shape index (κ3) is 6.48. The molecular formula is C25H32N4O2. The van der Waals surface area contributed by atoms with Crippen LogP contribution in [0.3, 0.4) is 0 Å². The topological polar surface area (TPSA) is 84.0 Å². The fourth-order valence-electron chi connectivity index (χ4n) is 4.31. The van der Waals surface area contributed by atoms with Crippen LogP contribution in [0.1, 0.15) is 49.7 Å². The molecule has 2 aromatic heterocycles. The summed E-state index contributed by atoms with van der Waals surface area (Å²) >= 11 is 0. The number of carbonyl (C=O) groups is 2. The summed E-state index contributed by atoms with van der Waals surface area (Å²) < 4.78 is 0. The van der Waals surface area contributed by atoms with Crippen LogP contribution >= 0.6 is 0 Å². The number of allylic oxidation sites excluding steroid dienone is 1. The van der Waals surface area contributed by atoms with Gasteiger partial charge in [0.05, 0.1) is 12.2 Å². The van der Waals surface area contributed by atoms with E-state index >= 15 is 0 Å². The van der Waals surface area contributed by atoms with Gasteiger partial charge in [0.1, 0.15) is 0 Å². The maximum absolute atomic E-state index is 12.5. The first-order valence-electron chi connectivity index (χ1n) is 11.0. The summed E-state index contributed by atoms with van der Waals surface area (Å²) in [7, 11) is 0. The van der Waals surface area contributed by atoms with Crippen LogP contribution in [0.15, 0.2) is 60.6 Å². The monoisotopic (exact) mass is 420 g/mol. The minimum Gasteiger partial charge on any atom is -0.351 e. The molecule has 2 amide bonds. The van der Waals surface area contributed by atoms with Crippen LogP contribution in [0.2, 0.25) is 0 Å². The number of pyridine rings is 2. The van der Waals surface area contributed by atoms with Crippen LogP contribution in [0.4, 0.5) is 0 Å². The van der Waals surface area contributed by atoms with E-state index in [4.69, 9.17) is 0 Å². The molecule has 0 fully saturated rings. The van der Waals surface area contributed by atoms with Crippen molar-refractivity contribution >= 4 is 11.8 Å². The van der Waals surface area contributed by atoms with Crippen molar-refractivity contribution in [3.05, 3.63) is 71.8 Å². The van der Waals surface area contributed by atoms with Crippen molar-refractivity contribution in [3.8, 4) is 0 Å². The van der Waals surface area contributed by atoms with Crippen molar-refractivity contribution in [2.45, 2.75) is 40.2 Å². The molecule has 3 atom stereocenters. The van der Waals surface area contributed by atoms with Crippen molar-refractivity contribution in [1.29, 1.82) is 0 Å². The molecule has 31 heavy (non-hydrogen) atoms. The van der Waals surface area contributed by atoms with Crippen LogP contribution in [-0.4, -0.2) is 28.3 Å². The Morgan fingerprint density at radius 2 is 1.87 bits per heavy atom. The number of hydrogen-bond donors (Lipinski definition) is 2. The lowest BCUT2D eigenvalue weighted by atomic mass is 9.69. The Kier molecular flexibility index (Phi) is 7.93. The molecule has 0 aliphatic heterocycles. The quantitative estimate of drug-likeness (QED) is 0.637. The predicted molar refractivity (Wildman–Crippen MR) is 121 cm³/mol. The number of amides is 2. The SMILES string of the molecule is CC1=CC(CNC(=O)c2ccncc2)C(C(C)C)CC1CC(=O)NCc1ccccn1. The van der Waals surface area contributed by atoms with Gasteiger partial charge in [-0.25, -0.2) is 0 Å². The van der Waals surface area contributed by atoms with Gasteiger partial charge in [-0.2, -0.15) is 0 Å². The van der Waals surface area contributed by atoms with Gasteiger partial charge >= 0.3 is 0 Å². The number of rotatable bonds is 8. The second-order valence-corrected chi connectivity index (χ2v) is 8.66. The lowest BCUT2D eigenvalue weighted by Gasteiger charge is -2.37. The number of aromatic nitrogens is 2. The highest BCUT2D eigenvalue weighted by atomic mass is 16.2. The summed E-state index contributed by atoms with van der Waals surface area (Å²) in [5.41, 5.74) is 2.71. The molecular weight excluding hydrogens is 388 g/mol. The normalized spacial score (nSPS) is 20.8. The maximum atomic E-state index is 12.5. The molecule has 3 rings (SSSR count). The van der Waals surface area contributed by atoms with Crippen molar-refractivity contribution < 1.29 is 9.59 Å². The van der Waals surface area contributed by atoms with Gasteiger partial charge in [0.2, 0.25) is 5.91 Å². The molecule has 164 valence electrons. The van der Waals surface area contributed by atoms with Crippen LogP contribution in [0.5, 0.6) is 0 Å². The second kappa shape index (κ2) is 10.8. The van der Waals surface area contributed by atoms with Crippen molar-refractivity contribution in [1.82, 2.24) is 20.6 Å². The van der Waals surface area contributed by atoms with Gasteiger partial charge in [-0.1, -0.05) is 31.6 Å². The molecule has 3 unspecified atom stereocenters. The summed E-state index contributed by atoms with van der Waals surface area (Å²) in [4.78, 5) is 33.2. The molecule has 1 aliphatic carbocycles. The maximum Gasteiger partial charge on any atom is 0.251 e. The number of nitrogens with one attached hydrogen (secondary N) is 2. The van der Waals surface area contributed by atoms with E-state index < -0.39 is 0 Å². The summed E-state index contributed by atoms with van der Waals surface area (Å²) in [5.74, 6) is 1.34. The summed E-state index contributed by atoms with van der Waals surface area (Å²) in [6.45, 7) is 7.58. The fraction of sp³-hybridized carbons (Fsp3) is 0.440. The van der Waals surface area contributed by atoms with E-state index in [-0.39, 0.29) is 23.7 Å². The minimum absolute atomic E-state index is 0.0512. The number of nitrogens with zero attached hydrogens (tertiary/aromatic N) is 2. The highest BCUT2D eigenvalue weighted by Crippen LogP contribution is 2.38. The third-order valence-corrected chi connectivity index (χ3v) is 6.15. The zero-order valence-corrected chi connectivity index (χ0v) is 18.5. The van der Waals surface area contributed by atoms with Gasteiger partial charge in [-0.3, -0.25) is 19.6 Å². The summed E-state index contributed by atoms with van der Waals surface area (Å²) in [6, 6.07) is 9.13. The molecule has 0 saturated heterocycles. The van der Waals surface area contributed by atoms with Crippen LogP contribution in [-0.2, 0) is 11.3 Å². The molecule has 0 bridgehead atoms. The molecule has 6 nitrogen and oxygen atoms in total. The second-order valence-electron chi connectivity index (χ2n) is 8.66. The van der Waals surface area contributed by atoms with Crippen molar-refractivity contribution in [2.75, 3.05) is 6.54 Å². The average Bonchev–Trinajstić information content (AvgIpc) is 2.78. The van der Waals surface area contributed by atoms with Crippen LogP contribution in [0, 0.1) is 23.7 Å². The van der Waals surface area contributed by atoms with E-state index in [1.165, 1.54) is 5.57 Å². The van der Waals surface area contributed by atoms with Gasteiger partial charge in [-0.15, -0.1) is 0 Å². The van der Waals surface area contributed by atoms with E-state index in [1.807, 2.05) is 18.2 Å². The third-order valence-electron chi connectivity index (χ3n) is 6.15. The van der Waals surface area contributed by atoms with Crippen LogP contribution in [0.25, 0.3) is 0 Å². The Balaban J connectivity index is 1.58.